The highest BCUT2D eigenvalue weighted by Gasteiger charge is 2.23. The monoisotopic (exact) mass is 390 g/mol. The lowest BCUT2D eigenvalue weighted by atomic mass is 10.2. The number of pyridine rings is 1. The first kappa shape index (κ1) is 19.3. The molecule has 142 valence electrons. The van der Waals surface area contributed by atoms with Crippen molar-refractivity contribution in [3.05, 3.63) is 64.6 Å². The van der Waals surface area contributed by atoms with E-state index in [4.69, 9.17) is 16.8 Å². The third-order valence-corrected chi connectivity index (χ3v) is 4.62. The van der Waals surface area contributed by atoms with Gasteiger partial charge in [-0.3, -0.25) is 14.9 Å². The summed E-state index contributed by atoms with van der Waals surface area (Å²) in [6, 6.07) is 12.0. The Labute approximate surface area is 161 Å². The maximum atomic E-state index is 13.5. The molecule has 8 heteroatoms. The standard InChI is InChI=1S/C19H20ClFN4O2/c20-16-8-14(9-17(21)19(26)24-27)10-22-18(16)23-15-6-7-25(12-15)11-13-4-2-1-3-5-13/h1-5,8-10,15,27H,6-7,11-12H2,(H,22,23)(H,24,26)/b17-9+/t15-/m1/s1. The largest absolute Gasteiger partial charge is 0.365 e. The third-order valence-electron chi connectivity index (χ3n) is 4.34. The Kier molecular flexibility index (Phi) is 6.39. The number of benzene rings is 1. The van der Waals surface area contributed by atoms with E-state index >= 15 is 0 Å². The molecule has 0 bridgehead atoms. The Morgan fingerprint density at radius 3 is 2.89 bits per heavy atom. The second kappa shape index (κ2) is 8.94. The van der Waals surface area contributed by atoms with Crippen LogP contribution in [0.4, 0.5) is 10.2 Å². The van der Waals surface area contributed by atoms with Gasteiger partial charge in [-0.15, -0.1) is 0 Å². The van der Waals surface area contributed by atoms with Gasteiger partial charge < -0.3 is 5.32 Å². The summed E-state index contributed by atoms with van der Waals surface area (Å²) in [5.41, 5.74) is 2.83. The van der Waals surface area contributed by atoms with Crippen molar-refractivity contribution in [3.8, 4) is 0 Å². The van der Waals surface area contributed by atoms with Crippen LogP contribution in [0.2, 0.25) is 5.02 Å². The summed E-state index contributed by atoms with van der Waals surface area (Å²) >= 11 is 6.23. The van der Waals surface area contributed by atoms with Crippen molar-refractivity contribution < 1.29 is 14.4 Å². The summed E-state index contributed by atoms with van der Waals surface area (Å²) in [6.07, 6.45) is 3.33. The molecule has 3 rings (SSSR count). The molecule has 3 N–H and O–H groups in total. The van der Waals surface area contributed by atoms with E-state index in [1.54, 1.807) is 0 Å². The fraction of sp³-hybridized carbons (Fsp3) is 0.263. The predicted molar refractivity (Wildman–Crippen MR) is 102 cm³/mol. The van der Waals surface area contributed by atoms with Crippen LogP contribution in [0.5, 0.6) is 0 Å². The van der Waals surface area contributed by atoms with E-state index in [-0.39, 0.29) is 6.04 Å². The van der Waals surface area contributed by atoms with E-state index in [0.29, 0.717) is 16.4 Å². The number of hydrogen-bond donors (Lipinski definition) is 3. The predicted octanol–water partition coefficient (Wildman–Crippen LogP) is 3.24. The van der Waals surface area contributed by atoms with Gasteiger partial charge in [0, 0.05) is 31.9 Å². The average Bonchev–Trinajstić information content (AvgIpc) is 3.11. The van der Waals surface area contributed by atoms with Crippen molar-refractivity contribution >= 4 is 29.4 Å². The fourth-order valence-corrected chi connectivity index (χ4v) is 3.26. The summed E-state index contributed by atoms with van der Waals surface area (Å²) in [5.74, 6) is -1.84. The van der Waals surface area contributed by atoms with E-state index in [0.717, 1.165) is 32.1 Å². The highest BCUT2D eigenvalue weighted by atomic mass is 35.5. The summed E-state index contributed by atoms with van der Waals surface area (Å²) in [7, 11) is 0. The van der Waals surface area contributed by atoms with Gasteiger partial charge in [0.15, 0.2) is 5.83 Å². The molecular formula is C19H20ClFN4O2. The van der Waals surface area contributed by atoms with Crippen LogP contribution in [0.3, 0.4) is 0 Å². The van der Waals surface area contributed by atoms with E-state index in [2.05, 4.69) is 27.3 Å². The van der Waals surface area contributed by atoms with Gasteiger partial charge in [-0.25, -0.2) is 14.9 Å². The summed E-state index contributed by atoms with van der Waals surface area (Å²) < 4.78 is 13.5. The lowest BCUT2D eigenvalue weighted by molar-refractivity contribution is -0.126. The van der Waals surface area contributed by atoms with Gasteiger partial charge in [0.1, 0.15) is 5.82 Å². The number of amides is 1. The minimum atomic E-state index is -1.22. The number of carbonyl (C=O) groups is 1. The molecule has 0 saturated carbocycles. The van der Waals surface area contributed by atoms with Crippen molar-refractivity contribution in [2.24, 2.45) is 0 Å². The Bertz CT molecular complexity index is 832. The minimum absolute atomic E-state index is 0.219. The van der Waals surface area contributed by atoms with Crippen LogP contribution in [-0.4, -0.2) is 40.1 Å². The van der Waals surface area contributed by atoms with Gasteiger partial charge in [-0.1, -0.05) is 41.9 Å². The molecule has 0 unspecified atom stereocenters. The first-order valence-corrected chi connectivity index (χ1v) is 8.93. The average molecular weight is 391 g/mol. The lowest BCUT2D eigenvalue weighted by Crippen LogP contribution is -2.26. The lowest BCUT2D eigenvalue weighted by Gasteiger charge is -2.17. The molecule has 6 nitrogen and oxygen atoms in total. The first-order valence-electron chi connectivity index (χ1n) is 8.55. The number of aromatic nitrogens is 1. The second-order valence-electron chi connectivity index (χ2n) is 6.38. The highest BCUT2D eigenvalue weighted by Crippen LogP contribution is 2.24. The van der Waals surface area contributed by atoms with Crippen LogP contribution in [0.1, 0.15) is 17.5 Å². The maximum Gasteiger partial charge on any atom is 0.303 e. The highest BCUT2D eigenvalue weighted by molar-refractivity contribution is 6.33. The Morgan fingerprint density at radius 1 is 1.41 bits per heavy atom. The van der Waals surface area contributed by atoms with Gasteiger partial charge in [-0.2, -0.15) is 0 Å². The van der Waals surface area contributed by atoms with Gasteiger partial charge >= 0.3 is 5.91 Å². The van der Waals surface area contributed by atoms with E-state index < -0.39 is 11.7 Å². The number of hydroxylamine groups is 1. The number of anilines is 1. The third kappa shape index (κ3) is 5.26. The minimum Gasteiger partial charge on any atom is -0.365 e. The van der Waals surface area contributed by atoms with Crippen molar-refractivity contribution in [2.75, 3.05) is 18.4 Å². The van der Waals surface area contributed by atoms with Gasteiger partial charge in [-0.05, 0) is 29.7 Å². The number of nitrogens with zero attached hydrogens (tertiary/aromatic N) is 2. The number of rotatable bonds is 6. The summed E-state index contributed by atoms with van der Waals surface area (Å²) in [6.45, 7) is 2.75. The van der Waals surface area contributed by atoms with Crippen molar-refractivity contribution in [1.29, 1.82) is 0 Å². The van der Waals surface area contributed by atoms with Crippen LogP contribution < -0.4 is 10.8 Å². The molecule has 1 atom stereocenters. The molecular weight excluding hydrogens is 371 g/mol. The number of hydrogen-bond acceptors (Lipinski definition) is 5. The van der Waals surface area contributed by atoms with E-state index in [1.165, 1.54) is 23.3 Å². The van der Waals surface area contributed by atoms with Gasteiger partial charge in [0.25, 0.3) is 0 Å². The van der Waals surface area contributed by atoms with E-state index in [1.807, 2.05) is 18.2 Å². The Morgan fingerprint density at radius 2 is 2.19 bits per heavy atom. The normalized spacial score (nSPS) is 17.7. The molecule has 1 aliphatic rings. The number of likely N-dealkylation sites (tertiary alicyclic amines) is 1. The molecule has 0 spiro atoms. The van der Waals surface area contributed by atoms with Crippen LogP contribution in [-0.2, 0) is 11.3 Å². The zero-order valence-corrected chi connectivity index (χ0v) is 15.3. The second-order valence-corrected chi connectivity index (χ2v) is 6.79. The Hall–Kier alpha value is -2.48. The van der Waals surface area contributed by atoms with Crippen molar-refractivity contribution in [1.82, 2.24) is 15.4 Å². The number of carbonyl (C=O) groups excluding carboxylic acids is 1. The Balaban J connectivity index is 1.59. The van der Waals surface area contributed by atoms with Crippen LogP contribution >= 0.6 is 11.6 Å². The maximum absolute atomic E-state index is 13.5. The molecule has 0 aliphatic carbocycles. The first-order chi connectivity index (χ1) is 13.0. The summed E-state index contributed by atoms with van der Waals surface area (Å²) in [5, 5.41) is 12.1. The smallest absolute Gasteiger partial charge is 0.303 e. The molecule has 1 saturated heterocycles. The van der Waals surface area contributed by atoms with Gasteiger partial charge in [0.2, 0.25) is 0 Å². The molecule has 1 aliphatic heterocycles. The zero-order valence-electron chi connectivity index (χ0n) is 14.5. The molecule has 27 heavy (non-hydrogen) atoms. The molecule has 1 aromatic heterocycles. The molecule has 2 heterocycles. The number of halogens is 2. The van der Waals surface area contributed by atoms with Crippen LogP contribution in [0, 0.1) is 0 Å². The quantitative estimate of drug-likeness (QED) is 0.401. The van der Waals surface area contributed by atoms with Crippen molar-refractivity contribution in [3.63, 3.8) is 0 Å². The van der Waals surface area contributed by atoms with E-state index in [9.17, 15) is 9.18 Å². The number of nitrogens with one attached hydrogen (secondary N) is 2. The fourth-order valence-electron chi connectivity index (χ4n) is 3.03. The molecule has 1 aromatic carbocycles. The van der Waals surface area contributed by atoms with Gasteiger partial charge in [0.05, 0.1) is 5.02 Å². The van der Waals surface area contributed by atoms with Crippen LogP contribution in [0.25, 0.3) is 6.08 Å². The molecule has 1 amide bonds. The SMILES string of the molecule is O=C(NO)/C(F)=C\c1cnc(N[C@@H]2CCN(Cc3ccccc3)C2)c(Cl)c1. The van der Waals surface area contributed by atoms with Crippen molar-refractivity contribution in [2.45, 2.75) is 19.0 Å². The molecule has 1 fully saturated rings. The molecule has 0 radical (unpaired) electrons. The zero-order chi connectivity index (χ0) is 19.2. The van der Waals surface area contributed by atoms with Crippen LogP contribution in [0.15, 0.2) is 48.4 Å². The summed E-state index contributed by atoms with van der Waals surface area (Å²) in [4.78, 5) is 17.6. The molecule has 2 aromatic rings. The topological polar surface area (TPSA) is 77.5 Å².